The first-order valence-electron chi connectivity index (χ1n) is 6.43. The van der Waals surface area contributed by atoms with E-state index in [-0.39, 0.29) is 22.6 Å². The molecule has 0 bridgehead atoms. The molecule has 114 valence electrons. The number of nitrogens with one attached hydrogen (secondary N) is 1. The molecule has 0 heterocycles. The summed E-state index contributed by atoms with van der Waals surface area (Å²) in [7, 11) is -3.79. The molecule has 7 heteroatoms. The smallest absolute Gasteiger partial charge is 0.240 e. The van der Waals surface area contributed by atoms with E-state index in [1.165, 1.54) is 6.07 Å². The van der Waals surface area contributed by atoms with Crippen LogP contribution in [-0.2, 0) is 10.0 Å². The molecule has 0 saturated carbocycles. The lowest BCUT2D eigenvalue weighted by Crippen LogP contribution is -2.23. The predicted octanol–water partition coefficient (Wildman–Crippen LogP) is 1.13. The highest BCUT2D eigenvalue weighted by Gasteiger charge is 2.17. The largest absolute Gasteiger partial charge is 0.398 e. The maximum Gasteiger partial charge on any atom is 0.240 e. The van der Waals surface area contributed by atoms with Gasteiger partial charge in [0, 0.05) is 18.8 Å². The minimum absolute atomic E-state index is 0.0239. The van der Waals surface area contributed by atoms with Crippen LogP contribution in [0.15, 0.2) is 23.1 Å². The molecule has 1 aromatic carbocycles. The van der Waals surface area contributed by atoms with Crippen LogP contribution in [0.3, 0.4) is 0 Å². The molecule has 6 nitrogen and oxygen atoms in total. The van der Waals surface area contributed by atoms with Crippen molar-refractivity contribution in [3.8, 4) is 0 Å². The third kappa shape index (κ3) is 4.99. The molecule has 0 radical (unpaired) electrons. The molecule has 0 aromatic heterocycles. The summed E-state index contributed by atoms with van der Waals surface area (Å²) in [5, 5.41) is 17.1. The van der Waals surface area contributed by atoms with Crippen molar-refractivity contribution in [3.05, 3.63) is 18.2 Å². The van der Waals surface area contributed by atoms with Gasteiger partial charge in [-0.2, -0.15) is 0 Å². The Balaban J connectivity index is 2.73. The van der Waals surface area contributed by atoms with E-state index in [0.717, 1.165) is 18.5 Å². The number of aliphatic hydroxyl groups is 1. The summed E-state index contributed by atoms with van der Waals surface area (Å²) >= 11 is 0. The number of sulfonamides is 1. The van der Waals surface area contributed by atoms with E-state index in [9.17, 15) is 8.42 Å². The van der Waals surface area contributed by atoms with Gasteiger partial charge in [-0.05, 0) is 36.5 Å². The van der Waals surface area contributed by atoms with Gasteiger partial charge >= 0.3 is 0 Å². The molecular formula is C13H23N3O3S. The van der Waals surface area contributed by atoms with E-state index in [4.69, 9.17) is 16.0 Å². The summed E-state index contributed by atoms with van der Waals surface area (Å²) < 4.78 is 22.5. The maximum atomic E-state index is 11.3. The lowest BCUT2D eigenvalue weighted by Gasteiger charge is -2.25. The summed E-state index contributed by atoms with van der Waals surface area (Å²) in [6.07, 6.45) is 1.64. The van der Waals surface area contributed by atoms with Crippen molar-refractivity contribution in [2.45, 2.75) is 31.6 Å². The van der Waals surface area contributed by atoms with Gasteiger partial charge in [-0.25, -0.2) is 13.6 Å². The molecule has 0 fully saturated rings. The highest BCUT2D eigenvalue weighted by Crippen LogP contribution is 2.25. The average molecular weight is 301 g/mol. The number of anilines is 2. The fourth-order valence-corrected chi connectivity index (χ4v) is 2.55. The first-order valence-corrected chi connectivity index (χ1v) is 7.97. The van der Waals surface area contributed by atoms with Crippen molar-refractivity contribution in [2.24, 2.45) is 10.6 Å². The molecule has 0 aliphatic rings. The number of nitrogens with two attached hydrogens (primary N) is 2. The van der Waals surface area contributed by atoms with Gasteiger partial charge in [0.1, 0.15) is 4.90 Å². The fourth-order valence-electron chi connectivity index (χ4n) is 1.90. The summed E-state index contributed by atoms with van der Waals surface area (Å²) in [5.41, 5.74) is 6.59. The fraction of sp³-hybridized carbons (Fsp3) is 0.538. The highest BCUT2D eigenvalue weighted by atomic mass is 32.2. The van der Waals surface area contributed by atoms with Crippen LogP contribution in [-0.4, -0.2) is 26.7 Å². The quantitative estimate of drug-likeness (QED) is 0.563. The normalized spacial score (nSPS) is 12.4. The van der Waals surface area contributed by atoms with Crippen LogP contribution in [0.25, 0.3) is 0 Å². The third-order valence-corrected chi connectivity index (χ3v) is 4.08. The van der Waals surface area contributed by atoms with Gasteiger partial charge < -0.3 is 16.2 Å². The minimum Gasteiger partial charge on any atom is -0.398 e. The van der Waals surface area contributed by atoms with Gasteiger partial charge in [-0.1, -0.05) is 13.8 Å². The molecule has 0 aliphatic carbocycles. The molecule has 0 atom stereocenters. The number of aliphatic hydroxyl groups excluding tert-OH is 1. The molecule has 0 aliphatic heterocycles. The van der Waals surface area contributed by atoms with Gasteiger partial charge in [-0.15, -0.1) is 0 Å². The minimum atomic E-state index is -3.79. The number of rotatable bonds is 7. The second-order valence-electron chi connectivity index (χ2n) is 5.64. The van der Waals surface area contributed by atoms with Gasteiger partial charge in [0.25, 0.3) is 0 Å². The predicted molar refractivity (Wildman–Crippen MR) is 80.8 cm³/mol. The third-order valence-electron chi connectivity index (χ3n) is 3.10. The van der Waals surface area contributed by atoms with Gasteiger partial charge in [0.05, 0.1) is 5.69 Å². The lowest BCUT2D eigenvalue weighted by molar-refractivity contribution is 0.248. The van der Waals surface area contributed by atoms with Crippen LogP contribution in [0.2, 0.25) is 0 Å². The summed E-state index contributed by atoms with van der Waals surface area (Å²) in [5.74, 6) is 0. The van der Waals surface area contributed by atoms with E-state index >= 15 is 0 Å². The van der Waals surface area contributed by atoms with Crippen LogP contribution in [0, 0.1) is 5.41 Å². The first-order chi connectivity index (χ1) is 9.15. The Morgan fingerprint density at radius 1 is 1.35 bits per heavy atom. The van der Waals surface area contributed by atoms with E-state index in [1.807, 2.05) is 0 Å². The molecule has 6 N–H and O–H groups in total. The Hall–Kier alpha value is -1.31. The Morgan fingerprint density at radius 3 is 2.50 bits per heavy atom. The number of nitrogen functional groups attached to an aromatic ring is 1. The van der Waals surface area contributed by atoms with Crippen molar-refractivity contribution in [3.63, 3.8) is 0 Å². The number of hydrogen-bond acceptors (Lipinski definition) is 5. The highest BCUT2D eigenvalue weighted by molar-refractivity contribution is 7.89. The van der Waals surface area contributed by atoms with Crippen molar-refractivity contribution in [1.82, 2.24) is 0 Å². The van der Waals surface area contributed by atoms with Gasteiger partial charge in [-0.3, -0.25) is 0 Å². The van der Waals surface area contributed by atoms with E-state index in [0.29, 0.717) is 6.54 Å². The number of benzene rings is 1. The Kier molecular flexibility index (Phi) is 5.38. The second-order valence-corrected chi connectivity index (χ2v) is 7.17. The molecule has 1 rings (SSSR count). The Labute approximate surface area is 120 Å². The van der Waals surface area contributed by atoms with E-state index < -0.39 is 10.0 Å². The zero-order valence-electron chi connectivity index (χ0n) is 11.9. The van der Waals surface area contributed by atoms with E-state index in [2.05, 4.69) is 19.2 Å². The van der Waals surface area contributed by atoms with Crippen LogP contribution in [0.1, 0.15) is 26.7 Å². The topological polar surface area (TPSA) is 118 Å². The lowest BCUT2D eigenvalue weighted by atomic mass is 9.88. The monoisotopic (exact) mass is 301 g/mol. The van der Waals surface area contributed by atoms with E-state index in [1.54, 1.807) is 12.1 Å². The number of hydrogen-bond donors (Lipinski definition) is 4. The summed E-state index contributed by atoms with van der Waals surface area (Å²) in [6, 6.07) is 4.59. The summed E-state index contributed by atoms with van der Waals surface area (Å²) in [6.45, 7) is 5.07. The molecule has 0 amide bonds. The summed E-state index contributed by atoms with van der Waals surface area (Å²) in [4.78, 5) is -0.0670. The molecule has 20 heavy (non-hydrogen) atoms. The van der Waals surface area contributed by atoms with Crippen molar-refractivity contribution < 1.29 is 13.5 Å². The van der Waals surface area contributed by atoms with Crippen molar-refractivity contribution in [2.75, 3.05) is 24.2 Å². The Morgan fingerprint density at radius 2 is 2.00 bits per heavy atom. The van der Waals surface area contributed by atoms with Crippen molar-refractivity contribution in [1.29, 1.82) is 0 Å². The number of primary sulfonamides is 1. The van der Waals surface area contributed by atoms with Crippen LogP contribution >= 0.6 is 0 Å². The van der Waals surface area contributed by atoms with Crippen LogP contribution in [0.4, 0.5) is 11.4 Å². The van der Waals surface area contributed by atoms with Gasteiger partial charge in [0.15, 0.2) is 0 Å². The average Bonchev–Trinajstić information content (AvgIpc) is 2.33. The zero-order chi connectivity index (χ0) is 15.4. The molecule has 0 unspecified atom stereocenters. The van der Waals surface area contributed by atoms with Crippen molar-refractivity contribution >= 4 is 21.4 Å². The molecular weight excluding hydrogens is 278 g/mol. The maximum absolute atomic E-state index is 11.3. The standard InChI is InChI=1S/C13H23N3O3S/c1-13(2,6-3-7-17)9-16-10-4-5-12(11(14)8-10)20(15,18)19/h4-5,8,16-17H,3,6-7,9,14H2,1-2H3,(H2,15,18,19). The second kappa shape index (κ2) is 6.43. The van der Waals surface area contributed by atoms with Gasteiger partial charge in [0.2, 0.25) is 10.0 Å². The van der Waals surface area contributed by atoms with Crippen LogP contribution < -0.4 is 16.2 Å². The first kappa shape index (κ1) is 16.7. The molecule has 0 spiro atoms. The molecule has 0 saturated heterocycles. The zero-order valence-corrected chi connectivity index (χ0v) is 12.7. The Bertz CT molecular complexity index is 556. The SMILES string of the molecule is CC(C)(CCCO)CNc1ccc(S(N)(=O)=O)c(N)c1. The van der Waals surface area contributed by atoms with Crippen LogP contribution in [0.5, 0.6) is 0 Å². The molecule has 1 aromatic rings.